The molecule has 1 aromatic carbocycles. The van der Waals surface area contributed by atoms with Crippen LogP contribution in [-0.2, 0) is 11.2 Å². The molecule has 1 fully saturated rings. The van der Waals surface area contributed by atoms with E-state index in [9.17, 15) is 4.79 Å². The Morgan fingerprint density at radius 3 is 2.85 bits per heavy atom. The van der Waals surface area contributed by atoms with Crippen molar-refractivity contribution < 1.29 is 4.79 Å². The van der Waals surface area contributed by atoms with E-state index in [0.29, 0.717) is 12.5 Å². The molecule has 0 saturated carbocycles. The number of hydrogen-bond acceptors (Lipinski definition) is 2. The molecule has 1 saturated heterocycles. The zero-order valence-electron chi connectivity index (χ0n) is 12.1. The van der Waals surface area contributed by atoms with E-state index in [1.807, 2.05) is 24.3 Å². The lowest BCUT2D eigenvalue weighted by molar-refractivity contribution is -0.121. The van der Waals surface area contributed by atoms with Gasteiger partial charge in [0.15, 0.2) is 0 Å². The number of halogens is 1. The Morgan fingerprint density at radius 2 is 2.15 bits per heavy atom. The Labute approximate surface area is 126 Å². The first-order valence-electron chi connectivity index (χ1n) is 7.40. The van der Waals surface area contributed by atoms with Gasteiger partial charge >= 0.3 is 0 Å². The van der Waals surface area contributed by atoms with Crippen molar-refractivity contribution in [2.45, 2.75) is 38.6 Å². The van der Waals surface area contributed by atoms with Crippen molar-refractivity contribution in [1.29, 1.82) is 0 Å². The summed E-state index contributed by atoms with van der Waals surface area (Å²) < 4.78 is 0. The summed E-state index contributed by atoms with van der Waals surface area (Å²) in [6, 6.07) is 8.13. The van der Waals surface area contributed by atoms with E-state index < -0.39 is 0 Å². The van der Waals surface area contributed by atoms with Gasteiger partial charge in [-0.2, -0.15) is 0 Å². The second-order valence-electron chi connectivity index (χ2n) is 5.53. The SMILES string of the molecule is CC(CNC(=O)CCc1cccc(Cl)c1)N1CCCC1. The normalized spacial score (nSPS) is 17.1. The van der Waals surface area contributed by atoms with Gasteiger partial charge in [0.05, 0.1) is 0 Å². The van der Waals surface area contributed by atoms with Crippen LogP contribution in [0.1, 0.15) is 31.7 Å². The van der Waals surface area contributed by atoms with Crippen molar-refractivity contribution >= 4 is 17.5 Å². The van der Waals surface area contributed by atoms with Gasteiger partial charge in [0.2, 0.25) is 5.91 Å². The summed E-state index contributed by atoms with van der Waals surface area (Å²) in [5, 5.41) is 3.76. The Kier molecular flexibility index (Phi) is 5.86. The molecule has 4 heteroatoms. The quantitative estimate of drug-likeness (QED) is 0.875. The van der Waals surface area contributed by atoms with Gasteiger partial charge in [-0.05, 0) is 57.0 Å². The van der Waals surface area contributed by atoms with E-state index >= 15 is 0 Å². The van der Waals surface area contributed by atoms with Crippen LogP contribution in [0.4, 0.5) is 0 Å². The molecule has 2 rings (SSSR count). The van der Waals surface area contributed by atoms with Gasteiger partial charge < -0.3 is 5.32 Å². The molecule has 1 aliphatic heterocycles. The van der Waals surface area contributed by atoms with Crippen LogP contribution in [0.2, 0.25) is 5.02 Å². The van der Waals surface area contributed by atoms with Gasteiger partial charge in [-0.25, -0.2) is 0 Å². The summed E-state index contributed by atoms with van der Waals surface area (Å²) in [4.78, 5) is 14.3. The molecule has 1 aliphatic rings. The zero-order valence-corrected chi connectivity index (χ0v) is 12.8. The first-order valence-corrected chi connectivity index (χ1v) is 7.78. The summed E-state index contributed by atoms with van der Waals surface area (Å²) in [5.74, 6) is 0.121. The summed E-state index contributed by atoms with van der Waals surface area (Å²) in [5.41, 5.74) is 1.11. The van der Waals surface area contributed by atoms with Gasteiger partial charge in [-0.1, -0.05) is 23.7 Å². The fraction of sp³-hybridized carbons (Fsp3) is 0.562. The number of nitrogens with zero attached hydrogens (tertiary/aromatic N) is 1. The first-order chi connectivity index (χ1) is 9.65. The Hall–Kier alpha value is -1.06. The van der Waals surface area contributed by atoms with E-state index in [0.717, 1.165) is 23.6 Å². The molecule has 1 aromatic rings. The fourth-order valence-corrected chi connectivity index (χ4v) is 2.82. The van der Waals surface area contributed by atoms with Crippen LogP contribution in [0.3, 0.4) is 0 Å². The van der Waals surface area contributed by atoms with Gasteiger partial charge in [-0.3, -0.25) is 9.69 Å². The standard InChI is InChI=1S/C16H23ClN2O/c1-13(19-9-2-3-10-19)12-18-16(20)8-7-14-5-4-6-15(17)11-14/h4-6,11,13H,2-3,7-10,12H2,1H3,(H,18,20). The maximum Gasteiger partial charge on any atom is 0.220 e. The first kappa shape index (κ1) is 15.3. The molecule has 3 nitrogen and oxygen atoms in total. The molecular formula is C16H23ClN2O. The molecule has 0 bridgehead atoms. The van der Waals surface area contributed by atoms with Crippen LogP contribution >= 0.6 is 11.6 Å². The summed E-state index contributed by atoms with van der Waals surface area (Å²) in [6.45, 7) is 5.26. The number of likely N-dealkylation sites (tertiary alicyclic amines) is 1. The molecular weight excluding hydrogens is 272 g/mol. The number of carbonyl (C=O) groups is 1. The Morgan fingerprint density at radius 1 is 1.40 bits per heavy atom. The number of rotatable bonds is 6. The fourth-order valence-electron chi connectivity index (χ4n) is 2.61. The smallest absolute Gasteiger partial charge is 0.220 e. The lowest BCUT2D eigenvalue weighted by Gasteiger charge is -2.23. The average molecular weight is 295 g/mol. The highest BCUT2D eigenvalue weighted by molar-refractivity contribution is 6.30. The summed E-state index contributed by atoms with van der Waals surface area (Å²) in [7, 11) is 0. The summed E-state index contributed by atoms with van der Waals surface area (Å²) in [6.07, 6.45) is 3.83. The number of nitrogens with one attached hydrogen (secondary N) is 1. The van der Waals surface area contributed by atoms with Crippen LogP contribution in [0.25, 0.3) is 0 Å². The maximum atomic E-state index is 11.9. The number of aryl methyl sites for hydroxylation is 1. The molecule has 0 spiro atoms. The third-order valence-corrected chi connectivity index (χ3v) is 4.12. The lowest BCUT2D eigenvalue weighted by Crippen LogP contribution is -2.40. The molecule has 1 atom stereocenters. The van der Waals surface area contributed by atoms with Crippen molar-refractivity contribution in [2.75, 3.05) is 19.6 Å². The lowest BCUT2D eigenvalue weighted by atomic mass is 10.1. The van der Waals surface area contributed by atoms with E-state index in [1.54, 1.807) is 0 Å². The van der Waals surface area contributed by atoms with E-state index in [4.69, 9.17) is 11.6 Å². The number of benzene rings is 1. The largest absolute Gasteiger partial charge is 0.355 e. The van der Waals surface area contributed by atoms with Crippen molar-refractivity contribution in [1.82, 2.24) is 10.2 Å². The molecule has 0 radical (unpaired) electrons. The molecule has 20 heavy (non-hydrogen) atoms. The second kappa shape index (κ2) is 7.65. The number of hydrogen-bond donors (Lipinski definition) is 1. The maximum absolute atomic E-state index is 11.9. The third-order valence-electron chi connectivity index (χ3n) is 3.89. The molecule has 0 aromatic heterocycles. The number of carbonyl (C=O) groups excluding carboxylic acids is 1. The Bertz CT molecular complexity index is 444. The molecule has 110 valence electrons. The number of amides is 1. The average Bonchev–Trinajstić information content (AvgIpc) is 2.97. The van der Waals surface area contributed by atoms with Crippen LogP contribution in [-0.4, -0.2) is 36.5 Å². The van der Waals surface area contributed by atoms with E-state index in [2.05, 4.69) is 17.1 Å². The topological polar surface area (TPSA) is 32.3 Å². The minimum absolute atomic E-state index is 0.121. The van der Waals surface area contributed by atoms with Gasteiger partial charge in [-0.15, -0.1) is 0 Å². The zero-order chi connectivity index (χ0) is 14.4. The second-order valence-corrected chi connectivity index (χ2v) is 5.96. The highest BCUT2D eigenvalue weighted by Gasteiger charge is 2.18. The van der Waals surface area contributed by atoms with Gasteiger partial charge in [0.1, 0.15) is 0 Å². The molecule has 1 heterocycles. The van der Waals surface area contributed by atoms with Crippen LogP contribution in [0.5, 0.6) is 0 Å². The van der Waals surface area contributed by atoms with Gasteiger partial charge in [0, 0.05) is 24.0 Å². The molecule has 1 amide bonds. The van der Waals surface area contributed by atoms with E-state index in [-0.39, 0.29) is 5.91 Å². The predicted molar refractivity (Wildman–Crippen MR) is 83.1 cm³/mol. The molecule has 1 N–H and O–H groups in total. The van der Waals surface area contributed by atoms with Crippen LogP contribution < -0.4 is 5.32 Å². The Balaban J connectivity index is 1.67. The highest BCUT2D eigenvalue weighted by Crippen LogP contribution is 2.12. The summed E-state index contributed by atoms with van der Waals surface area (Å²) >= 11 is 5.93. The highest BCUT2D eigenvalue weighted by atomic mass is 35.5. The van der Waals surface area contributed by atoms with Crippen molar-refractivity contribution in [3.8, 4) is 0 Å². The van der Waals surface area contributed by atoms with Crippen molar-refractivity contribution in [3.63, 3.8) is 0 Å². The third kappa shape index (κ3) is 4.80. The van der Waals surface area contributed by atoms with Crippen LogP contribution in [0, 0.1) is 0 Å². The minimum atomic E-state index is 0.121. The van der Waals surface area contributed by atoms with Crippen LogP contribution in [0.15, 0.2) is 24.3 Å². The monoisotopic (exact) mass is 294 g/mol. The van der Waals surface area contributed by atoms with Crippen molar-refractivity contribution in [3.05, 3.63) is 34.9 Å². The van der Waals surface area contributed by atoms with Gasteiger partial charge in [0.25, 0.3) is 0 Å². The molecule has 0 aliphatic carbocycles. The molecule has 1 unspecified atom stereocenters. The minimum Gasteiger partial charge on any atom is -0.355 e. The van der Waals surface area contributed by atoms with Crippen molar-refractivity contribution in [2.24, 2.45) is 0 Å². The van der Waals surface area contributed by atoms with E-state index in [1.165, 1.54) is 25.9 Å². The predicted octanol–water partition coefficient (Wildman–Crippen LogP) is 2.87.